The summed E-state index contributed by atoms with van der Waals surface area (Å²) in [6.07, 6.45) is 2.37. The summed E-state index contributed by atoms with van der Waals surface area (Å²) < 4.78 is 38.8. The third kappa shape index (κ3) is 5.16. The highest BCUT2D eigenvalue weighted by Crippen LogP contribution is 2.49. The number of alkyl halides is 2. The first kappa shape index (κ1) is 24.4. The Morgan fingerprint density at radius 1 is 1.17 bits per heavy atom. The standard InChI is InChI=1S/C29H36F2N2O2/c1-20(32-13-5-12-30)16-35-24-10-8-22(9-11-24)28-27-15-23-6-3-4-7-25(23)26(27)14-21(2)33(28)17-29(31)18-34-19-29/h3-4,6-11,20-21,28,32H,5,12-19H2,1-2H3/t20-,21+,28+/m0/s1. The van der Waals surface area contributed by atoms with Crippen molar-refractivity contribution in [3.05, 3.63) is 70.8 Å². The van der Waals surface area contributed by atoms with Crippen molar-refractivity contribution in [2.24, 2.45) is 0 Å². The van der Waals surface area contributed by atoms with E-state index in [-0.39, 0.29) is 38.0 Å². The van der Waals surface area contributed by atoms with Crippen LogP contribution >= 0.6 is 0 Å². The average molecular weight is 483 g/mol. The van der Waals surface area contributed by atoms with Crippen molar-refractivity contribution in [3.63, 3.8) is 0 Å². The maximum atomic E-state index is 15.3. The third-order valence-corrected chi connectivity index (χ3v) is 7.52. The average Bonchev–Trinajstić information content (AvgIpc) is 3.20. The van der Waals surface area contributed by atoms with Crippen molar-refractivity contribution in [1.29, 1.82) is 0 Å². The van der Waals surface area contributed by atoms with Crippen molar-refractivity contribution in [2.75, 3.05) is 39.6 Å². The molecule has 0 aromatic heterocycles. The molecular formula is C29H36F2N2O2. The van der Waals surface area contributed by atoms with E-state index < -0.39 is 5.67 Å². The topological polar surface area (TPSA) is 33.7 Å². The molecular weight excluding hydrogens is 446 g/mol. The third-order valence-electron chi connectivity index (χ3n) is 7.52. The van der Waals surface area contributed by atoms with E-state index in [1.54, 1.807) is 0 Å². The molecule has 35 heavy (non-hydrogen) atoms. The normalized spacial score (nSPS) is 24.0. The van der Waals surface area contributed by atoms with Crippen molar-refractivity contribution in [2.45, 2.75) is 56.9 Å². The van der Waals surface area contributed by atoms with E-state index in [0.717, 1.165) is 18.6 Å². The van der Waals surface area contributed by atoms with E-state index in [1.807, 2.05) is 19.1 Å². The Kier molecular flexibility index (Phi) is 7.24. The van der Waals surface area contributed by atoms with Gasteiger partial charge < -0.3 is 14.8 Å². The van der Waals surface area contributed by atoms with Gasteiger partial charge in [-0.05, 0) is 79.6 Å². The second-order valence-corrected chi connectivity index (χ2v) is 10.4. The maximum absolute atomic E-state index is 15.3. The van der Waals surface area contributed by atoms with Crippen LogP contribution in [0.2, 0.25) is 0 Å². The number of rotatable bonds is 10. The lowest BCUT2D eigenvalue weighted by Crippen LogP contribution is -2.56. The van der Waals surface area contributed by atoms with Crippen molar-refractivity contribution in [3.8, 4) is 5.75 Å². The molecule has 0 unspecified atom stereocenters. The molecule has 0 amide bonds. The Labute approximate surface area is 207 Å². The molecule has 0 radical (unpaired) electrons. The van der Waals surface area contributed by atoms with E-state index in [9.17, 15) is 4.39 Å². The zero-order chi connectivity index (χ0) is 24.4. The first-order valence-electron chi connectivity index (χ1n) is 12.8. The summed E-state index contributed by atoms with van der Waals surface area (Å²) in [6, 6.07) is 17.4. The van der Waals surface area contributed by atoms with Gasteiger partial charge in [0, 0.05) is 18.6 Å². The minimum atomic E-state index is -1.27. The number of hydrogen-bond donors (Lipinski definition) is 1. The van der Waals surface area contributed by atoms with Gasteiger partial charge in [-0.15, -0.1) is 0 Å². The molecule has 1 saturated heterocycles. The number of benzene rings is 2. The molecule has 0 saturated carbocycles. The van der Waals surface area contributed by atoms with Gasteiger partial charge in [0.1, 0.15) is 12.4 Å². The molecule has 2 aliphatic heterocycles. The molecule has 0 bridgehead atoms. The fourth-order valence-electron chi connectivity index (χ4n) is 5.65. The predicted molar refractivity (Wildman–Crippen MR) is 135 cm³/mol. The molecule has 1 aliphatic carbocycles. The van der Waals surface area contributed by atoms with Gasteiger partial charge in [-0.25, -0.2) is 4.39 Å². The summed E-state index contributed by atoms with van der Waals surface area (Å²) in [7, 11) is 0. The molecule has 6 heteroatoms. The minimum absolute atomic E-state index is 0.0321. The summed E-state index contributed by atoms with van der Waals surface area (Å²) in [6.45, 7) is 5.86. The molecule has 1 fully saturated rings. The van der Waals surface area contributed by atoms with Crippen LogP contribution in [0.25, 0.3) is 5.57 Å². The molecule has 3 aliphatic rings. The number of halogens is 2. The summed E-state index contributed by atoms with van der Waals surface area (Å²) in [5, 5.41) is 3.27. The molecule has 1 N–H and O–H groups in total. The summed E-state index contributed by atoms with van der Waals surface area (Å²) >= 11 is 0. The largest absolute Gasteiger partial charge is 0.492 e. The molecule has 2 heterocycles. The predicted octanol–water partition coefficient (Wildman–Crippen LogP) is 5.29. The molecule has 3 atom stereocenters. The SMILES string of the molecule is C[C@@H]1CC2=C(Cc3ccccc32)[C@@H](c2ccc(OC[C@H](C)NCCCF)cc2)N1CC1(F)COC1. The lowest BCUT2D eigenvalue weighted by molar-refractivity contribution is -0.147. The minimum Gasteiger partial charge on any atom is -0.492 e. The quantitative estimate of drug-likeness (QED) is 0.467. The van der Waals surface area contributed by atoms with E-state index in [4.69, 9.17) is 9.47 Å². The fraction of sp³-hybridized carbons (Fsp3) is 0.517. The van der Waals surface area contributed by atoms with Gasteiger partial charge in [-0.2, -0.15) is 0 Å². The molecule has 4 nitrogen and oxygen atoms in total. The van der Waals surface area contributed by atoms with Crippen LogP contribution < -0.4 is 10.1 Å². The van der Waals surface area contributed by atoms with Gasteiger partial charge >= 0.3 is 0 Å². The molecule has 0 spiro atoms. The number of hydrogen-bond acceptors (Lipinski definition) is 4. The van der Waals surface area contributed by atoms with E-state index >= 15 is 4.39 Å². The smallest absolute Gasteiger partial charge is 0.169 e. The van der Waals surface area contributed by atoms with Gasteiger partial charge in [0.05, 0.1) is 25.9 Å². The lowest BCUT2D eigenvalue weighted by Gasteiger charge is -2.47. The van der Waals surface area contributed by atoms with Crippen LogP contribution in [0.5, 0.6) is 5.75 Å². The number of nitrogens with zero attached hydrogens (tertiary/aromatic N) is 1. The molecule has 5 rings (SSSR count). The fourth-order valence-corrected chi connectivity index (χ4v) is 5.65. The second-order valence-electron chi connectivity index (χ2n) is 10.4. The van der Waals surface area contributed by atoms with Crippen molar-refractivity contribution < 1.29 is 18.3 Å². The van der Waals surface area contributed by atoms with Crippen LogP contribution in [0.1, 0.15) is 49.4 Å². The van der Waals surface area contributed by atoms with Gasteiger partial charge in [-0.3, -0.25) is 9.29 Å². The van der Waals surface area contributed by atoms with Crippen molar-refractivity contribution in [1.82, 2.24) is 10.2 Å². The highest BCUT2D eigenvalue weighted by molar-refractivity contribution is 5.79. The maximum Gasteiger partial charge on any atom is 0.169 e. The zero-order valence-electron chi connectivity index (χ0n) is 20.7. The lowest BCUT2D eigenvalue weighted by atomic mass is 9.84. The second kappa shape index (κ2) is 10.4. The molecule has 2 aromatic carbocycles. The molecule has 2 aromatic rings. The van der Waals surface area contributed by atoms with E-state index in [2.05, 4.69) is 53.5 Å². The van der Waals surface area contributed by atoms with Crippen LogP contribution in [-0.2, 0) is 11.2 Å². The number of fused-ring (bicyclic) bond motifs is 2. The first-order chi connectivity index (χ1) is 17.0. The summed E-state index contributed by atoms with van der Waals surface area (Å²) in [5.74, 6) is 0.807. The highest BCUT2D eigenvalue weighted by atomic mass is 19.1. The highest BCUT2D eigenvalue weighted by Gasteiger charge is 2.46. The van der Waals surface area contributed by atoms with Gasteiger partial charge in [0.2, 0.25) is 0 Å². The van der Waals surface area contributed by atoms with Gasteiger partial charge in [0.15, 0.2) is 5.67 Å². The Morgan fingerprint density at radius 3 is 2.66 bits per heavy atom. The Hall–Kier alpha value is -2.28. The number of ether oxygens (including phenoxy) is 2. The van der Waals surface area contributed by atoms with Gasteiger partial charge in [0.25, 0.3) is 0 Å². The summed E-state index contributed by atoms with van der Waals surface area (Å²) in [4.78, 5) is 2.35. The zero-order valence-corrected chi connectivity index (χ0v) is 20.7. The monoisotopic (exact) mass is 482 g/mol. The van der Waals surface area contributed by atoms with Gasteiger partial charge in [-0.1, -0.05) is 36.4 Å². The van der Waals surface area contributed by atoms with Crippen LogP contribution in [-0.4, -0.2) is 62.2 Å². The van der Waals surface area contributed by atoms with Crippen LogP contribution in [0, 0.1) is 0 Å². The molecule has 188 valence electrons. The van der Waals surface area contributed by atoms with E-state index in [1.165, 1.54) is 27.8 Å². The van der Waals surface area contributed by atoms with Crippen LogP contribution in [0.4, 0.5) is 8.78 Å². The summed E-state index contributed by atoms with van der Waals surface area (Å²) in [5.41, 5.74) is 5.45. The van der Waals surface area contributed by atoms with E-state index in [0.29, 0.717) is 26.1 Å². The first-order valence-corrected chi connectivity index (χ1v) is 12.8. The number of nitrogens with one attached hydrogen (secondary N) is 1. The Bertz CT molecular complexity index is 1050. The van der Waals surface area contributed by atoms with Crippen molar-refractivity contribution >= 4 is 5.57 Å². The Morgan fingerprint density at radius 2 is 1.94 bits per heavy atom. The van der Waals surface area contributed by atoms with Crippen LogP contribution in [0.3, 0.4) is 0 Å². The Balaban J connectivity index is 1.37. The van der Waals surface area contributed by atoms with Crippen LogP contribution in [0.15, 0.2) is 54.1 Å².